The van der Waals surface area contributed by atoms with Crippen LogP contribution < -0.4 is 5.73 Å². The molecule has 2 heterocycles. The summed E-state index contributed by atoms with van der Waals surface area (Å²) in [5.74, 6) is 1.84. The summed E-state index contributed by atoms with van der Waals surface area (Å²) in [7, 11) is 0. The van der Waals surface area contributed by atoms with Gasteiger partial charge in [-0.25, -0.2) is 0 Å². The van der Waals surface area contributed by atoms with Crippen molar-refractivity contribution in [3.8, 4) is 0 Å². The highest BCUT2D eigenvalue weighted by atomic mass is 35.5. The van der Waals surface area contributed by atoms with Crippen LogP contribution in [0.2, 0.25) is 0 Å². The van der Waals surface area contributed by atoms with E-state index in [2.05, 4.69) is 6.92 Å². The Hall–Kier alpha value is -0.770. The smallest absolute Gasteiger partial charge is 0.126 e. The second kappa shape index (κ2) is 5.35. The molecule has 0 aliphatic carbocycles. The van der Waals surface area contributed by atoms with E-state index in [0.29, 0.717) is 0 Å². The Morgan fingerprint density at radius 2 is 2.20 bits per heavy atom. The van der Waals surface area contributed by atoms with Gasteiger partial charge in [-0.3, -0.25) is 0 Å². The Morgan fingerprint density at radius 3 is 2.73 bits per heavy atom. The second-order valence-corrected chi connectivity index (χ2v) is 4.13. The van der Waals surface area contributed by atoms with E-state index >= 15 is 0 Å². The Kier molecular flexibility index (Phi) is 4.39. The van der Waals surface area contributed by atoms with E-state index in [1.165, 1.54) is 0 Å². The molecule has 4 heteroatoms. The third-order valence-corrected chi connectivity index (χ3v) is 3.14. The number of aryl methyl sites for hydroxylation is 1. The topological polar surface area (TPSA) is 39.2 Å². The molecular formula is C11H14ClNOS. The number of furan rings is 1. The predicted octanol–water partition coefficient (Wildman–Crippen LogP) is 3.37. The van der Waals surface area contributed by atoms with E-state index in [-0.39, 0.29) is 18.4 Å². The number of nitrogens with two attached hydrogens (primary N) is 1. The fraction of sp³-hybridized carbons (Fsp3) is 0.273. The summed E-state index contributed by atoms with van der Waals surface area (Å²) in [6.45, 7) is 2.07. The summed E-state index contributed by atoms with van der Waals surface area (Å²) in [5, 5.41) is 2.03. The van der Waals surface area contributed by atoms with Gasteiger partial charge in [0.05, 0.1) is 6.04 Å². The average molecular weight is 244 g/mol. The number of rotatable bonds is 3. The van der Waals surface area contributed by atoms with Crippen molar-refractivity contribution in [2.45, 2.75) is 19.4 Å². The minimum Gasteiger partial charge on any atom is -0.464 e. The van der Waals surface area contributed by atoms with Crippen molar-refractivity contribution < 1.29 is 4.42 Å². The second-order valence-electron chi connectivity index (χ2n) is 3.15. The molecule has 0 saturated carbocycles. The highest BCUT2D eigenvalue weighted by Crippen LogP contribution is 2.25. The maximum atomic E-state index is 6.05. The predicted molar refractivity (Wildman–Crippen MR) is 65.7 cm³/mol. The van der Waals surface area contributed by atoms with Crippen LogP contribution in [0.5, 0.6) is 0 Å². The molecule has 0 spiro atoms. The molecule has 0 amide bonds. The average Bonchev–Trinajstić information content (AvgIpc) is 2.88. The summed E-state index contributed by atoms with van der Waals surface area (Å²) in [5.41, 5.74) is 6.05. The number of thiophene rings is 1. The molecule has 2 rings (SSSR count). The van der Waals surface area contributed by atoms with Crippen molar-refractivity contribution in [1.29, 1.82) is 0 Å². The molecule has 2 N–H and O–H groups in total. The molecule has 0 radical (unpaired) electrons. The van der Waals surface area contributed by atoms with E-state index in [4.69, 9.17) is 10.2 Å². The van der Waals surface area contributed by atoms with Gasteiger partial charge in [0.2, 0.25) is 0 Å². The lowest BCUT2D eigenvalue weighted by atomic mass is 10.2. The lowest BCUT2D eigenvalue weighted by Gasteiger charge is -2.05. The Balaban J connectivity index is 0.00000112. The molecule has 0 saturated heterocycles. The summed E-state index contributed by atoms with van der Waals surface area (Å²) >= 11 is 1.66. The van der Waals surface area contributed by atoms with Crippen molar-refractivity contribution in [2.24, 2.45) is 5.73 Å². The van der Waals surface area contributed by atoms with E-state index in [0.717, 1.165) is 22.8 Å². The van der Waals surface area contributed by atoms with E-state index in [1.807, 2.05) is 29.6 Å². The van der Waals surface area contributed by atoms with Crippen LogP contribution in [0.15, 0.2) is 34.1 Å². The van der Waals surface area contributed by atoms with Crippen LogP contribution in [0.1, 0.15) is 29.4 Å². The van der Waals surface area contributed by atoms with E-state index < -0.39 is 0 Å². The molecule has 15 heavy (non-hydrogen) atoms. The molecule has 2 nitrogen and oxygen atoms in total. The van der Waals surface area contributed by atoms with Crippen LogP contribution in [0.25, 0.3) is 0 Å². The van der Waals surface area contributed by atoms with Crippen molar-refractivity contribution in [3.05, 3.63) is 46.0 Å². The molecule has 0 aromatic carbocycles. The number of halogens is 1. The van der Waals surface area contributed by atoms with E-state index in [1.54, 1.807) is 11.3 Å². The summed E-state index contributed by atoms with van der Waals surface area (Å²) in [6, 6.07) is 7.87. The van der Waals surface area contributed by atoms with Crippen LogP contribution in [0, 0.1) is 0 Å². The Labute approximate surface area is 99.5 Å². The molecule has 0 aliphatic rings. The zero-order chi connectivity index (χ0) is 9.97. The summed E-state index contributed by atoms with van der Waals surface area (Å²) in [6.07, 6.45) is 0.914. The first-order valence-electron chi connectivity index (χ1n) is 4.69. The molecule has 2 aromatic heterocycles. The SMILES string of the molecule is CCc1ccc([C@@H](N)c2cccs2)o1.Cl. The molecule has 0 fully saturated rings. The lowest BCUT2D eigenvalue weighted by molar-refractivity contribution is 0.455. The largest absolute Gasteiger partial charge is 0.464 e. The molecular weight excluding hydrogens is 230 g/mol. The van der Waals surface area contributed by atoms with Gasteiger partial charge in [0, 0.05) is 11.3 Å². The van der Waals surface area contributed by atoms with Crippen molar-refractivity contribution >= 4 is 23.7 Å². The van der Waals surface area contributed by atoms with Crippen LogP contribution in [0.4, 0.5) is 0 Å². The van der Waals surface area contributed by atoms with Crippen LogP contribution >= 0.6 is 23.7 Å². The zero-order valence-electron chi connectivity index (χ0n) is 8.47. The first kappa shape index (κ1) is 12.3. The highest BCUT2D eigenvalue weighted by molar-refractivity contribution is 7.10. The van der Waals surface area contributed by atoms with Crippen LogP contribution in [0.3, 0.4) is 0 Å². The van der Waals surface area contributed by atoms with E-state index in [9.17, 15) is 0 Å². The first-order valence-corrected chi connectivity index (χ1v) is 5.57. The lowest BCUT2D eigenvalue weighted by Crippen LogP contribution is -2.08. The van der Waals surface area contributed by atoms with Gasteiger partial charge in [-0.2, -0.15) is 0 Å². The fourth-order valence-electron chi connectivity index (χ4n) is 1.36. The fourth-order valence-corrected chi connectivity index (χ4v) is 2.09. The normalized spacial score (nSPS) is 12.1. The number of hydrogen-bond donors (Lipinski definition) is 1. The van der Waals surface area contributed by atoms with Gasteiger partial charge < -0.3 is 10.2 Å². The van der Waals surface area contributed by atoms with Gasteiger partial charge in [0.15, 0.2) is 0 Å². The molecule has 0 unspecified atom stereocenters. The summed E-state index contributed by atoms with van der Waals surface area (Å²) in [4.78, 5) is 1.14. The molecule has 2 aromatic rings. The first-order chi connectivity index (χ1) is 6.81. The minimum atomic E-state index is -0.115. The van der Waals surface area contributed by atoms with Crippen LogP contribution in [-0.2, 0) is 6.42 Å². The Bertz CT molecular complexity index is 396. The maximum Gasteiger partial charge on any atom is 0.126 e. The maximum absolute atomic E-state index is 6.05. The van der Waals surface area contributed by atoms with Gasteiger partial charge in [-0.05, 0) is 23.6 Å². The summed E-state index contributed by atoms with van der Waals surface area (Å²) < 4.78 is 5.60. The van der Waals surface area contributed by atoms with Crippen LogP contribution in [-0.4, -0.2) is 0 Å². The Morgan fingerprint density at radius 1 is 1.40 bits per heavy atom. The minimum absolute atomic E-state index is 0. The number of hydrogen-bond acceptors (Lipinski definition) is 3. The van der Waals surface area contributed by atoms with Gasteiger partial charge in [-0.15, -0.1) is 23.7 Å². The molecule has 0 bridgehead atoms. The van der Waals surface area contributed by atoms with Crippen molar-refractivity contribution in [1.82, 2.24) is 0 Å². The quantitative estimate of drug-likeness (QED) is 0.898. The van der Waals surface area contributed by atoms with Gasteiger partial charge in [-0.1, -0.05) is 13.0 Å². The monoisotopic (exact) mass is 243 g/mol. The third kappa shape index (κ3) is 2.62. The molecule has 0 aliphatic heterocycles. The zero-order valence-corrected chi connectivity index (χ0v) is 10.1. The highest BCUT2D eigenvalue weighted by Gasteiger charge is 2.13. The molecule has 1 atom stereocenters. The van der Waals surface area contributed by atoms with Gasteiger partial charge in [0.1, 0.15) is 11.5 Å². The third-order valence-electron chi connectivity index (χ3n) is 2.19. The standard InChI is InChI=1S/C11H13NOS.ClH/c1-2-8-5-6-9(13-8)11(12)10-4-3-7-14-10;/h3-7,11H,2,12H2,1H3;1H/t11-;/m1./s1. The van der Waals surface area contributed by atoms with Gasteiger partial charge in [0.25, 0.3) is 0 Å². The van der Waals surface area contributed by atoms with Crippen molar-refractivity contribution in [2.75, 3.05) is 0 Å². The molecule has 82 valence electrons. The van der Waals surface area contributed by atoms with Crippen molar-refractivity contribution in [3.63, 3.8) is 0 Å². The van der Waals surface area contributed by atoms with Gasteiger partial charge >= 0.3 is 0 Å².